The van der Waals surface area contributed by atoms with Crippen LogP contribution >= 0.6 is 0 Å². The SMILES string of the molecule is CNC(=O)C(C)NC(CC(C)C)c1ccccc1. The molecule has 0 saturated heterocycles. The summed E-state index contributed by atoms with van der Waals surface area (Å²) in [5.74, 6) is 0.610. The first-order valence-corrected chi connectivity index (χ1v) is 6.57. The van der Waals surface area contributed by atoms with Crippen LogP contribution in [-0.4, -0.2) is 19.0 Å². The molecule has 0 aliphatic rings. The number of likely N-dealkylation sites (N-methyl/N-ethyl adjacent to an activating group) is 1. The average molecular weight is 248 g/mol. The summed E-state index contributed by atoms with van der Waals surface area (Å²) in [5, 5.41) is 6.08. The van der Waals surface area contributed by atoms with Crippen LogP contribution in [0.3, 0.4) is 0 Å². The molecule has 0 saturated carbocycles. The number of amides is 1. The van der Waals surface area contributed by atoms with Gasteiger partial charge in [-0.15, -0.1) is 0 Å². The average Bonchev–Trinajstić information content (AvgIpc) is 2.37. The van der Waals surface area contributed by atoms with E-state index in [0.29, 0.717) is 5.92 Å². The van der Waals surface area contributed by atoms with E-state index in [9.17, 15) is 4.79 Å². The van der Waals surface area contributed by atoms with Crippen molar-refractivity contribution >= 4 is 5.91 Å². The van der Waals surface area contributed by atoms with E-state index in [2.05, 4.69) is 36.6 Å². The van der Waals surface area contributed by atoms with E-state index in [1.165, 1.54) is 5.56 Å². The highest BCUT2D eigenvalue weighted by Gasteiger charge is 2.19. The maximum Gasteiger partial charge on any atom is 0.236 e. The van der Waals surface area contributed by atoms with Gasteiger partial charge < -0.3 is 5.32 Å². The molecule has 2 N–H and O–H groups in total. The highest BCUT2D eigenvalue weighted by Crippen LogP contribution is 2.21. The normalized spacial score (nSPS) is 14.3. The molecule has 0 fully saturated rings. The first-order chi connectivity index (χ1) is 8.54. The van der Waals surface area contributed by atoms with Gasteiger partial charge in [0.2, 0.25) is 5.91 Å². The van der Waals surface area contributed by atoms with Crippen molar-refractivity contribution in [3.05, 3.63) is 35.9 Å². The Morgan fingerprint density at radius 2 is 1.78 bits per heavy atom. The molecule has 0 heterocycles. The molecule has 1 aromatic carbocycles. The summed E-state index contributed by atoms with van der Waals surface area (Å²) in [6.07, 6.45) is 1.02. The fourth-order valence-corrected chi connectivity index (χ4v) is 2.05. The van der Waals surface area contributed by atoms with E-state index >= 15 is 0 Å². The lowest BCUT2D eigenvalue weighted by atomic mass is 9.96. The number of benzene rings is 1. The van der Waals surface area contributed by atoms with E-state index in [1.807, 2.05) is 25.1 Å². The number of hydrogen-bond donors (Lipinski definition) is 2. The zero-order valence-electron chi connectivity index (χ0n) is 11.7. The summed E-state index contributed by atoms with van der Waals surface area (Å²) in [5.41, 5.74) is 1.24. The van der Waals surface area contributed by atoms with Gasteiger partial charge in [-0.2, -0.15) is 0 Å². The second-order valence-corrected chi connectivity index (χ2v) is 5.10. The Kier molecular flexibility index (Phi) is 5.86. The van der Waals surface area contributed by atoms with Crippen molar-refractivity contribution in [1.29, 1.82) is 0 Å². The van der Waals surface area contributed by atoms with Crippen LogP contribution in [0.25, 0.3) is 0 Å². The smallest absolute Gasteiger partial charge is 0.236 e. The molecule has 100 valence electrons. The van der Waals surface area contributed by atoms with Gasteiger partial charge >= 0.3 is 0 Å². The molecule has 1 amide bonds. The van der Waals surface area contributed by atoms with Crippen LogP contribution in [0.4, 0.5) is 0 Å². The van der Waals surface area contributed by atoms with Crippen molar-refractivity contribution in [1.82, 2.24) is 10.6 Å². The predicted molar refractivity (Wildman–Crippen MR) is 75.3 cm³/mol. The number of rotatable bonds is 6. The van der Waals surface area contributed by atoms with Crippen LogP contribution < -0.4 is 10.6 Å². The zero-order valence-corrected chi connectivity index (χ0v) is 11.7. The van der Waals surface area contributed by atoms with Crippen LogP contribution in [0, 0.1) is 5.92 Å². The molecule has 1 aromatic rings. The molecule has 1 rings (SSSR count). The van der Waals surface area contributed by atoms with Gasteiger partial charge in [-0.05, 0) is 24.8 Å². The number of nitrogens with one attached hydrogen (secondary N) is 2. The van der Waals surface area contributed by atoms with Gasteiger partial charge in [0.25, 0.3) is 0 Å². The van der Waals surface area contributed by atoms with E-state index in [4.69, 9.17) is 0 Å². The highest BCUT2D eigenvalue weighted by molar-refractivity contribution is 5.80. The zero-order chi connectivity index (χ0) is 13.5. The maximum absolute atomic E-state index is 11.6. The fourth-order valence-electron chi connectivity index (χ4n) is 2.05. The van der Waals surface area contributed by atoms with Crippen LogP contribution in [0.5, 0.6) is 0 Å². The molecule has 0 aromatic heterocycles. The number of hydrogen-bond acceptors (Lipinski definition) is 2. The van der Waals surface area contributed by atoms with Crippen LogP contribution in [0.1, 0.15) is 38.8 Å². The third-order valence-corrected chi connectivity index (χ3v) is 3.00. The molecular weight excluding hydrogens is 224 g/mol. The Balaban J connectivity index is 2.76. The fraction of sp³-hybridized carbons (Fsp3) is 0.533. The molecule has 2 unspecified atom stereocenters. The molecule has 0 radical (unpaired) electrons. The molecule has 0 aliphatic carbocycles. The minimum Gasteiger partial charge on any atom is -0.358 e. The maximum atomic E-state index is 11.6. The van der Waals surface area contributed by atoms with Gasteiger partial charge in [0.1, 0.15) is 0 Å². The summed E-state index contributed by atoms with van der Waals surface area (Å²) in [6, 6.07) is 10.3. The highest BCUT2D eigenvalue weighted by atomic mass is 16.2. The lowest BCUT2D eigenvalue weighted by molar-refractivity contribution is -0.122. The van der Waals surface area contributed by atoms with Gasteiger partial charge in [-0.25, -0.2) is 0 Å². The second kappa shape index (κ2) is 7.17. The molecule has 0 spiro atoms. The van der Waals surface area contributed by atoms with Gasteiger partial charge in [-0.1, -0.05) is 44.2 Å². The Labute approximate surface area is 110 Å². The van der Waals surface area contributed by atoms with Gasteiger partial charge in [0.05, 0.1) is 6.04 Å². The third kappa shape index (κ3) is 4.49. The Bertz CT molecular complexity index is 362. The van der Waals surface area contributed by atoms with E-state index in [-0.39, 0.29) is 18.0 Å². The van der Waals surface area contributed by atoms with Crippen molar-refractivity contribution in [3.8, 4) is 0 Å². The number of carbonyl (C=O) groups excluding carboxylic acids is 1. The number of carbonyl (C=O) groups is 1. The topological polar surface area (TPSA) is 41.1 Å². The third-order valence-electron chi connectivity index (χ3n) is 3.00. The second-order valence-electron chi connectivity index (χ2n) is 5.10. The molecule has 18 heavy (non-hydrogen) atoms. The van der Waals surface area contributed by atoms with E-state index < -0.39 is 0 Å². The Hall–Kier alpha value is -1.35. The van der Waals surface area contributed by atoms with Crippen molar-refractivity contribution in [2.24, 2.45) is 5.92 Å². The van der Waals surface area contributed by atoms with Gasteiger partial charge in [0.15, 0.2) is 0 Å². The standard InChI is InChI=1S/C15H24N2O/c1-11(2)10-14(13-8-6-5-7-9-13)17-12(3)15(18)16-4/h5-9,11-12,14,17H,10H2,1-4H3,(H,16,18). The van der Waals surface area contributed by atoms with Crippen LogP contribution in [0.2, 0.25) is 0 Å². The predicted octanol–water partition coefficient (Wildman–Crippen LogP) is 2.50. The Morgan fingerprint density at radius 3 is 2.28 bits per heavy atom. The first-order valence-electron chi connectivity index (χ1n) is 6.57. The summed E-state index contributed by atoms with van der Waals surface area (Å²) in [7, 11) is 1.67. The van der Waals surface area contributed by atoms with E-state index in [1.54, 1.807) is 7.05 Å². The minimum atomic E-state index is -0.182. The summed E-state index contributed by atoms with van der Waals surface area (Å²) < 4.78 is 0. The van der Waals surface area contributed by atoms with Crippen LogP contribution in [-0.2, 0) is 4.79 Å². The molecule has 3 heteroatoms. The van der Waals surface area contributed by atoms with Gasteiger partial charge in [0, 0.05) is 13.1 Å². The monoisotopic (exact) mass is 248 g/mol. The Morgan fingerprint density at radius 1 is 1.17 bits per heavy atom. The first kappa shape index (κ1) is 14.7. The lowest BCUT2D eigenvalue weighted by Gasteiger charge is -2.24. The summed E-state index contributed by atoms with van der Waals surface area (Å²) >= 11 is 0. The van der Waals surface area contributed by atoms with Crippen molar-refractivity contribution in [2.75, 3.05) is 7.05 Å². The van der Waals surface area contributed by atoms with Gasteiger partial charge in [-0.3, -0.25) is 10.1 Å². The summed E-state index contributed by atoms with van der Waals surface area (Å²) in [6.45, 7) is 6.29. The van der Waals surface area contributed by atoms with Crippen molar-refractivity contribution < 1.29 is 4.79 Å². The molecule has 0 bridgehead atoms. The van der Waals surface area contributed by atoms with Crippen LogP contribution in [0.15, 0.2) is 30.3 Å². The lowest BCUT2D eigenvalue weighted by Crippen LogP contribution is -2.42. The minimum absolute atomic E-state index is 0.0275. The van der Waals surface area contributed by atoms with Crippen molar-refractivity contribution in [2.45, 2.75) is 39.3 Å². The quantitative estimate of drug-likeness (QED) is 0.812. The largest absolute Gasteiger partial charge is 0.358 e. The molecule has 2 atom stereocenters. The molecular formula is C15H24N2O. The molecule has 3 nitrogen and oxygen atoms in total. The van der Waals surface area contributed by atoms with E-state index in [0.717, 1.165) is 6.42 Å². The van der Waals surface area contributed by atoms with Crippen molar-refractivity contribution in [3.63, 3.8) is 0 Å². The summed E-state index contributed by atoms with van der Waals surface area (Å²) in [4.78, 5) is 11.6. The molecule has 0 aliphatic heterocycles.